The fraction of sp³-hybridized carbons (Fsp3) is 0.941. The average Bonchev–Trinajstić information content (AvgIpc) is 2.48. The van der Waals surface area contributed by atoms with Crippen molar-refractivity contribution in [1.29, 1.82) is 0 Å². The van der Waals surface area contributed by atoms with Crippen molar-refractivity contribution in [2.75, 3.05) is 40.0 Å². The smallest absolute Gasteiger partial charge is 0.246 e. The van der Waals surface area contributed by atoms with Crippen LogP contribution < -0.4 is 10.6 Å². The third-order valence-electron chi connectivity index (χ3n) is 4.50. The molecule has 1 saturated carbocycles. The predicted molar refractivity (Wildman–Crippen MR) is 88.8 cm³/mol. The van der Waals surface area contributed by atoms with Crippen LogP contribution in [0.1, 0.15) is 40.0 Å². The Bertz CT molecular complexity index is 310. The van der Waals surface area contributed by atoms with Crippen LogP contribution in [0.25, 0.3) is 0 Å². The largest absolute Gasteiger partial charge is 0.383 e. The number of hydrogen-bond acceptors (Lipinski definition) is 4. The molecule has 3 atom stereocenters. The second kappa shape index (κ2) is 11.0. The fourth-order valence-electron chi connectivity index (χ4n) is 3.13. The lowest BCUT2D eigenvalue weighted by atomic mass is 9.75. The Morgan fingerprint density at radius 3 is 2.68 bits per heavy atom. The van der Waals surface area contributed by atoms with Gasteiger partial charge in [0.15, 0.2) is 0 Å². The molecule has 0 radical (unpaired) electrons. The second-order valence-electron chi connectivity index (χ2n) is 6.77. The average molecular weight is 314 g/mol. The number of hydrogen-bond donors (Lipinski definition) is 2. The Balaban J connectivity index is 2.18. The molecule has 1 aliphatic carbocycles. The van der Waals surface area contributed by atoms with Crippen molar-refractivity contribution >= 4 is 5.91 Å². The van der Waals surface area contributed by atoms with Crippen LogP contribution in [0.5, 0.6) is 0 Å². The molecule has 0 bridgehead atoms. The van der Waals surface area contributed by atoms with Gasteiger partial charge in [0.2, 0.25) is 5.91 Å². The van der Waals surface area contributed by atoms with Gasteiger partial charge < -0.3 is 20.1 Å². The maximum absolute atomic E-state index is 11.8. The van der Waals surface area contributed by atoms with Gasteiger partial charge >= 0.3 is 0 Å². The molecule has 0 aliphatic heterocycles. The lowest BCUT2D eigenvalue weighted by Gasteiger charge is -2.37. The van der Waals surface area contributed by atoms with Crippen LogP contribution in [0.2, 0.25) is 0 Å². The summed E-state index contributed by atoms with van der Waals surface area (Å²) < 4.78 is 10.9. The van der Waals surface area contributed by atoms with Gasteiger partial charge in [0, 0.05) is 26.7 Å². The van der Waals surface area contributed by atoms with Gasteiger partial charge in [-0.2, -0.15) is 0 Å². The fourth-order valence-corrected chi connectivity index (χ4v) is 3.13. The summed E-state index contributed by atoms with van der Waals surface area (Å²) in [5, 5.41) is 6.08. The first-order chi connectivity index (χ1) is 10.5. The highest BCUT2D eigenvalue weighted by molar-refractivity contribution is 5.77. The SMILES string of the molecule is COCCNCCNC(=O)COC1CC(C)CCC1C(C)C. The molecule has 1 rings (SSSR count). The molecule has 2 N–H and O–H groups in total. The van der Waals surface area contributed by atoms with E-state index in [0.717, 1.165) is 19.5 Å². The van der Waals surface area contributed by atoms with Crippen molar-refractivity contribution in [2.45, 2.75) is 46.1 Å². The third-order valence-corrected chi connectivity index (χ3v) is 4.50. The van der Waals surface area contributed by atoms with E-state index >= 15 is 0 Å². The molecule has 22 heavy (non-hydrogen) atoms. The van der Waals surface area contributed by atoms with Gasteiger partial charge in [0.25, 0.3) is 0 Å². The van der Waals surface area contributed by atoms with Crippen LogP contribution in [0.3, 0.4) is 0 Å². The minimum absolute atomic E-state index is 0.0192. The minimum Gasteiger partial charge on any atom is -0.383 e. The summed E-state index contributed by atoms with van der Waals surface area (Å²) in [6, 6.07) is 0. The standard InChI is InChI=1S/C17H34N2O3/c1-13(2)15-6-5-14(3)11-16(15)22-12-17(20)19-8-7-18-9-10-21-4/h13-16,18H,5-12H2,1-4H3,(H,19,20). The topological polar surface area (TPSA) is 59.6 Å². The monoisotopic (exact) mass is 314 g/mol. The lowest BCUT2D eigenvalue weighted by Crippen LogP contribution is -2.39. The van der Waals surface area contributed by atoms with Gasteiger partial charge in [-0.15, -0.1) is 0 Å². The number of ether oxygens (including phenoxy) is 2. The van der Waals surface area contributed by atoms with E-state index in [1.54, 1.807) is 7.11 Å². The number of carbonyl (C=O) groups excluding carboxylic acids is 1. The van der Waals surface area contributed by atoms with Gasteiger partial charge in [0.05, 0.1) is 12.7 Å². The molecule has 0 spiro atoms. The number of rotatable bonds is 10. The van der Waals surface area contributed by atoms with E-state index < -0.39 is 0 Å². The number of nitrogens with one attached hydrogen (secondary N) is 2. The van der Waals surface area contributed by atoms with Crippen LogP contribution in [-0.2, 0) is 14.3 Å². The maximum Gasteiger partial charge on any atom is 0.246 e. The van der Waals surface area contributed by atoms with Crippen molar-refractivity contribution in [3.63, 3.8) is 0 Å². The summed E-state index contributed by atoms with van der Waals surface area (Å²) in [6.07, 6.45) is 3.81. The number of amides is 1. The molecule has 0 aromatic rings. The Hall–Kier alpha value is -0.650. The zero-order valence-electron chi connectivity index (χ0n) is 14.7. The van der Waals surface area contributed by atoms with Crippen molar-refractivity contribution in [2.24, 2.45) is 17.8 Å². The second-order valence-corrected chi connectivity index (χ2v) is 6.77. The Labute approximate surface area is 135 Å². The zero-order chi connectivity index (χ0) is 16.4. The summed E-state index contributed by atoms with van der Waals surface area (Å²) in [6.45, 7) is 9.83. The van der Waals surface area contributed by atoms with E-state index in [1.165, 1.54) is 12.8 Å². The van der Waals surface area contributed by atoms with Crippen LogP contribution in [0.4, 0.5) is 0 Å². The minimum atomic E-state index is -0.0192. The quantitative estimate of drug-likeness (QED) is 0.604. The predicted octanol–water partition coefficient (Wildman–Crippen LogP) is 1.82. The molecular weight excluding hydrogens is 280 g/mol. The van der Waals surface area contributed by atoms with Gasteiger partial charge in [0.1, 0.15) is 6.61 Å². The highest BCUT2D eigenvalue weighted by atomic mass is 16.5. The van der Waals surface area contributed by atoms with E-state index in [1.807, 2.05) is 0 Å². The Kier molecular flexibility index (Phi) is 9.68. The Morgan fingerprint density at radius 1 is 1.23 bits per heavy atom. The van der Waals surface area contributed by atoms with E-state index in [0.29, 0.717) is 30.9 Å². The van der Waals surface area contributed by atoms with E-state index in [9.17, 15) is 4.79 Å². The number of carbonyl (C=O) groups is 1. The molecule has 0 heterocycles. The van der Waals surface area contributed by atoms with Crippen LogP contribution in [-0.4, -0.2) is 52.0 Å². The van der Waals surface area contributed by atoms with Gasteiger partial charge in [-0.1, -0.05) is 27.2 Å². The lowest BCUT2D eigenvalue weighted by molar-refractivity contribution is -0.131. The molecule has 1 aliphatic rings. The summed E-state index contributed by atoms with van der Waals surface area (Å²) >= 11 is 0. The van der Waals surface area contributed by atoms with Crippen molar-refractivity contribution in [1.82, 2.24) is 10.6 Å². The molecule has 0 aromatic carbocycles. The van der Waals surface area contributed by atoms with Crippen LogP contribution in [0, 0.1) is 17.8 Å². The first-order valence-electron chi connectivity index (χ1n) is 8.62. The molecular formula is C17H34N2O3. The van der Waals surface area contributed by atoms with Gasteiger partial charge in [-0.05, 0) is 30.6 Å². The first-order valence-corrected chi connectivity index (χ1v) is 8.62. The molecule has 1 fully saturated rings. The molecule has 5 nitrogen and oxygen atoms in total. The van der Waals surface area contributed by atoms with Crippen molar-refractivity contribution < 1.29 is 14.3 Å². The molecule has 0 aromatic heterocycles. The van der Waals surface area contributed by atoms with E-state index in [-0.39, 0.29) is 18.6 Å². The van der Waals surface area contributed by atoms with Crippen molar-refractivity contribution in [3.8, 4) is 0 Å². The van der Waals surface area contributed by atoms with Crippen LogP contribution in [0.15, 0.2) is 0 Å². The zero-order valence-corrected chi connectivity index (χ0v) is 14.7. The summed E-state index contributed by atoms with van der Waals surface area (Å²) in [7, 11) is 1.68. The summed E-state index contributed by atoms with van der Waals surface area (Å²) in [5.41, 5.74) is 0. The molecule has 0 saturated heterocycles. The van der Waals surface area contributed by atoms with Gasteiger partial charge in [-0.3, -0.25) is 4.79 Å². The summed E-state index contributed by atoms with van der Waals surface area (Å²) in [5.74, 6) is 1.88. The normalized spacial score (nSPS) is 25.4. The third kappa shape index (κ3) is 7.56. The highest BCUT2D eigenvalue weighted by Crippen LogP contribution is 2.35. The Morgan fingerprint density at radius 2 is 2.00 bits per heavy atom. The highest BCUT2D eigenvalue weighted by Gasteiger charge is 2.31. The number of methoxy groups -OCH3 is 1. The first kappa shape index (κ1) is 19.4. The van der Waals surface area contributed by atoms with E-state index in [2.05, 4.69) is 31.4 Å². The molecule has 3 unspecified atom stereocenters. The molecule has 1 amide bonds. The van der Waals surface area contributed by atoms with Crippen LogP contribution >= 0.6 is 0 Å². The molecule has 130 valence electrons. The van der Waals surface area contributed by atoms with Gasteiger partial charge in [-0.25, -0.2) is 0 Å². The summed E-state index contributed by atoms with van der Waals surface area (Å²) in [4.78, 5) is 11.8. The van der Waals surface area contributed by atoms with Crippen molar-refractivity contribution in [3.05, 3.63) is 0 Å². The molecule has 5 heteroatoms. The van der Waals surface area contributed by atoms with E-state index in [4.69, 9.17) is 9.47 Å². The maximum atomic E-state index is 11.8.